The number of ether oxygens (including phenoxy) is 5. The van der Waals surface area contributed by atoms with Crippen LogP contribution in [-0.4, -0.2) is 45.7 Å². The van der Waals surface area contributed by atoms with Crippen molar-refractivity contribution in [3.05, 3.63) is 42.5 Å². The Hall–Kier alpha value is -2.50. The average Bonchev–Trinajstić information content (AvgIpc) is 3.59. The summed E-state index contributed by atoms with van der Waals surface area (Å²) in [6.45, 7) is 2.64. The molecule has 0 radical (unpaired) electrons. The number of fused-ring (bicyclic) bond motifs is 2. The van der Waals surface area contributed by atoms with Crippen molar-refractivity contribution < 1.29 is 23.7 Å². The minimum atomic E-state index is 0.192. The first kappa shape index (κ1) is 15.7. The molecule has 0 spiro atoms. The predicted octanol–water partition coefficient (Wildman–Crippen LogP) is 3.56. The van der Waals surface area contributed by atoms with Crippen molar-refractivity contribution in [3.63, 3.8) is 0 Å². The zero-order valence-corrected chi connectivity index (χ0v) is 14.6. The summed E-state index contributed by atoms with van der Waals surface area (Å²) < 4.78 is 28.4. The Bertz CT molecular complexity index is 959. The monoisotopic (exact) mass is 352 g/mol. The molecule has 3 aromatic rings. The topological polar surface area (TPSA) is 52.8 Å². The summed E-state index contributed by atoms with van der Waals surface area (Å²) in [5.74, 6) is 2.50. The van der Waals surface area contributed by atoms with Gasteiger partial charge in [-0.25, -0.2) is 0 Å². The van der Waals surface area contributed by atoms with Gasteiger partial charge in [0, 0.05) is 21.5 Å². The van der Waals surface area contributed by atoms with Crippen LogP contribution < -0.4 is 14.2 Å². The molecule has 2 aliphatic rings. The van der Waals surface area contributed by atoms with Gasteiger partial charge >= 0.3 is 0 Å². The molecule has 2 aliphatic heterocycles. The number of benzene rings is 3. The normalized spacial score (nSPS) is 21.0. The van der Waals surface area contributed by atoms with E-state index < -0.39 is 0 Å². The molecular weight excluding hydrogens is 332 g/mol. The van der Waals surface area contributed by atoms with E-state index in [1.54, 1.807) is 7.11 Å². The first-order valence-electron chi connectivity index (χ1n) is 8.85. The van der Waals surface area contributed by atoms with Gasteiger partial charge in [-0.1, -0.05) is 24.3 Å². The molecule has 5 rings (SSSR count). The molecule has 2 saturated heterocycles. The SMILES string of the molecule is COc1ccc2c(OCC3CO3)c3ccccc3c(OCC3CO3)c2c1. The van der Waals surface area contributed by atoms with Crippen LogP contribution in [0, 0.1) is 0 Å². The van der Waals surface area contributed by atoms with Gasteiger partial charge < -0.3 is 23.7 Å². The lowest BCUT2D eigenvalue weighted by atomic mass is 10.00. The van der Waals surface area contributed by atoms with E-state index in [9.17, 15) is 0 Å². The van der Waals surface area contributed by atoms with Gasteiger partial charge in [0.1, 0.15) is 42.7 Å². The Kier molecular flexibility index (Phi) is 3.84. The predicted molar refractivity (Wildman–Crippen MR) is 98.5 cm³/mol. The molecule has 2 fully saturated rings. The second kappa shape index (κ2) is 6.34. The lowest BCUT2D eigenvalue weighted by Crippen LogP contribution is -2.07. The average molecular weight is 352 g/mol. The van der Waals surface area contributed by atoms with Crippen molar-refractivity contribution >= 4 is 21.5 Å². The summed E-state index contributed by atoms with van der Waals surface area (Å²) in [5, 5.41) is 4.06. The van der Waals surface area contributed by atoms with Crippen LogP contribution in [0.3, 0.4) is 0 Å². The molecule has 2 atom stereocenters. The number of hydrogen-bond donors (Lipinski definition) is 0. The molecule has 2 heterocycles. The van der Waals surface area contributed by atoms with E-state index in [-0.39, 0.29) is 12.2 Å². The van der Waals surface area contributed by atoms with E-state index in [0.29, 0.717) is 13.2 Å². The molecule has 134 valence electrons. The summed E-state index contributed by atoms with van der Waals surface area (Å²) in [6, 6.07) is 14.2. The molecule has 0 amide bonds. The smallest absolute Gasteiger partial charge is 0.135 e. The molecule has 0 N–H and O–H groups in total. The summed E-state index contributed by atoms with van der Waals surface area (Å²) >= 11 is 0. The highest BCUT2D eigenvalue weighted by Crippen LogP contribution is 2.44. The van der Waals surface area contributed by atoms with Gasteiger partial charge in [0.05, 0.1) is 20.3 Å². The van der Waals surface area contributed by atoms with Crippen molar-refractivity contribution in [2.45, 2.75) is 12.2 Å². The molecular formula is C21H20O5. The Balaban J connectivity index is 1.70. The highest BCUT2D eigenvalue weighted by molar-refractivity contribution is 6.11. The molecule has 0 bridgehead atoms. The van der Waals surface area contributed by atoms with Gasteiger partial charge in [-0.05, 0) is 18.2 Å². The summed E-state index contributed by atoms with van der Waals surface area (Å²) in [5.41, 5.74) is 0. The second-order valence-electron chi connectivity index (χ2n) is 6.65. The van der Waals surface area contributed by atoms with Crippen molar-refractivity contribution in [2.75, 3.05) is 33.5 Å². The molecule has 0 saturated carbocycles. The van der Waals surface area contributed by atoms with Gasteiger partial charge in [0.25, 0.3) is 0 Å². The standard InChI is InChI=1S/C21H20O5/c1-22-13-6-7-18-19(8-13)21(26-12-15-10-24-15)17-5-3-2-4-16(17)20(18)25-11-14-9-23-14/h2-8,14-15H,9-12H2,1H3. The van der Waals surface area contributed by atoms with Crippen LogP contribution in [0.25, 0.3) is 21.5 Å². The van der Waals surface area contributed by atoms with Crippen LogP contribution in [0.5, 0.6) is 17.2 Å². The Morgan fingerprint density at radius 2 is 1.35 bits per heavy atom. The van der Waals surface area contributed by atoms with Crippen LogP contribution in [0.2, 0.25) is 0 Å². The summed E-state index contributed by atoms with van der Waals surface area (Å²) in [4.78, 5) is 0. The van der Waals surface area contributed by atoms with Crippen molar-refractivity contribution in [3.8, 4) is 17.2 Å². The van der Waals surface area contributed by atoms with Gasteiger partial charge in [-0.15, -0.1) is 0 Å². The molecule has 0 aliphatic carbocycles. The van der Waals surface area contributed by atoms with Gasteiger partial charge in [0.2, 0.25) is 0 Å². The lowest BCUT2D eigenvalue weighted by Gasteiger charge is -2.18. The van der Waals surface area contributed by atoms with E-state index in [1.165, 1.54) is 0 Å². The number of methoxy groups -OCH3 is 1. The number of epoxide rings is 2. The fourth-order valence-corrected chi connectivity index (χ4v) is 3.20. The van der Waals surface area contributed by atoms with Crippen LogP contribution >= 0.6 is 0 Å². The molecule has 2 unspecified atom stereocenters. The zero-order chi connectivity index (χ0) is 17.5. The maximum absolute atomic E-state index is 6.19. The maximum atomic E-state index is 6.19. The van der Waals surface area contributed by atoms with Crippen molar-refractivity contribution in [2.24, 2.45) is 0 Å². The number of hydrogen-bond acceptors (Lipinski definition) is 5. The Labute approximate surface area is 151 Å². The molecule has 3 aromatic carbocycles. The first-order chi connectivity index (χ1) is 12.8. The van der Waals surface area contributed by atoms with E-state index in [2.05, 4.69) is 12.1 Å². The molecule has 26 heavy (non-hydrogen) atoms. The van der Waals surface area contributed by atoms with Crippen LogP contribution in [0.4, 0.5) is 0 Å². The minimum absolute atomic E-state index is 0.192. The van der Waals surface area contributed by atoms with Crippen molar-refractivity contribution in [1.82, 2.24) is 0 Å². The maximum Gasteiger partial charge on any atom is 0.135 e. The van der Waals surface area contributed by atoms with E-state index in [0.717, 1.165) is 52.0 Å². The van der Waals surface area contributed by atoms with Crippen LogP contribution in [-0.2, 0) is 9.47 Å². The fourth-order valence-electron chi connectivity index (χ4n) is 3.20. The third-order valence-electron chi connectivity index (χ3n) is 4.76. The van der Waals surface area contributed by atoms with E-state index >= 15 is 0 Å². The van der Waals surface area contributed by atoms with Gasteiger partial charge in [-0.2, -0.15) is 0 Å². The van der Waals surface area contributed by atoms with Crippen LogP contribution in [0.1, 0.15) is 0 Å². The first-order valence-corrected chi connectivity index (χ1v) is 8.85. The van der Waals surface area contributed by atoms with Gasteiger partial charge in [-0.3, -0.25) is 0 Å². The zero-order valence-electron chi connectivity index (χ0n) is 14.6. The highest BCUT2D eigenvalue weighted by atomic mass is 16.6. The largest absolute Gasteiger partial charge is 0.497 e. The molecule has 5 nitrogen and oxygen atoms in total. The lowest BCUT2D eigenvalue weighted by molar-refractivity contribution is 0.264. The van der Waals surface area contributed by atoms with Crippen molar-refractivity contribution in [1.29, 1.82) is 0 Å². The van der Waals surface area contributed by atoms with E-state index in [1.807, 2.05) is 30.3 Å². The Morgan fingerprint density at radius 3 is 1.88 bits per heavy atom. The van der Waals surface area contributed by atoms with Gasteiger partial charge in [0.15, 0.2) is 0 Å². The van der Waals surface area contributed by atoms with E-state index in [4.69, 9.17) is 23.7 Å². The summed E-state index contributed by atoms with van der Waals surface area (Å²) in [6.07, 6.45) is 0.391. The fraction of sp³-hybridized carbons (Fsp3) is 0.333. The number of rotatable bonds is 7. The second-order valence-corrected chi connectivity index (χ2v) is 6.65. The summed E-state index contributed by atoms with van der Waals surface area (Å²) in [7, 11) is 1.67. The highest BCUT2D eigenvalue weighted by Gasteiger charge is 2.26. The third kappa shape index (κ3) is 2.93. The Morgan fingerprint density at radius 1 is 0.808 bits per heavy atom. The minimum Gasteiger partial charge on any atom is -0.497 e. The quantitative estimate of drug-likeness (QED) is 0.481. The molecule has 5 heteroatoms. The molecule has 0 aromatic heterocycles. The van der Waals surface area contributed by atoms with Crippen LogP contribution in [0.15, 0.2) is 42.5 Å². The third-order valence-corrected chi connectivity index (χ3v) is 4.76.